The fraction of sp³-hybridized carbons (Fsp3) is 0.0968. The molecule has 10 aromatic rings. The molecule has 1 fully saturated rings. The molecule has 69 heavy (non-hydrogen) atoms. The molecular weight excluding hydrogens is 894 g/mol. The Labute approximate surface area is 407 Å². The van der Waals surface area contributed by atoms with Crippen molar-refractivity contribution in [2.24, 2.45) is 0 Å². The van der Waals surface area contributed by atoms with E-state index in [0.29, 0.717) is 24.6 Å². The summed E-state index contributed by atoms with van der Waals surface area (Å²) in [6.45, 7) is 1.20. The SMILES string of the molecule is O=P1(N2CCCCCC2)Oc2c([Si](c3ccccc3)(c3ccccc3)c3ccccc3)cc3ccccc3c2-c2c(c([Si](c3ccccc3)(c3ccccc3)c3ccccc3)cc3ccccc23)O1. The molecule has 12 rings (SSSR count). The number of rotatable bonds is 9. The molecule has 0 atom stereocenters. The van der Waals surface area contributed by atoms with Crippen LogP contribution in [0.5, 0.6) is 11.5 Å². The van der Waals surface area contributed by atoms with E-state index in [4.69, 9.17) is 9.05 Å². The van der Waals surface area contributed by atoms with E-state index in [2.05, 4.69) is 247 Å². The van der Waals surface area contributed by atoms with Gasteiger partial charge in [0.2, 0.25) is 0 Å². The van der Waals surface area contributed by atoms with E-state index in [9.17, 15) is 0 Å². The molecule has 0 aromatic heterocycles. The van der Waals surface area contributed by atoms with E-state index in [1.807, 2.05) is 0 Å². The summed E-state index contributed by atoms with van der Waals surface area (Å²) in [5, 5.41) is 13.5. The second kappa shape index (κ2) is 18.1. The van der Waals surface area contributed by atoms with Gasteiger partial charge in [0, 0.05) is 24.2 Å². The van der Waals surface area contributed by atoms with Gasteiger partial charge in [-0.3, -0.25) is 0 Å². The Bertz CT molecular complexity index is 3070. The van der Waals surface area contributed by atoms with Crippen molar-refractivity contribution in [1.29, 1.82) is 0 Å². The van der Waals surface area contributed by atoms with Crippen molar-refractivity contribution in [3.05, 3.63) is 243 Å². The normalized spacial score (nSPS) is 15.0. The van der Waals surface area contributed by atoms with Crippen molar-refractivity contribution < 1.29 is 13.6 Å². The van der Waals surface area contributed by atoms with Crippen molar-refractivity contribution in [3.8, 4) is 22.6 Å². The van der Waals surface area contributed by atoms with Crippen molar-refractivity contribution in [3.63, 3.8) is 0 Å². The van der Waals surface area contributed by atoms with Crippen molar-refractivity contribution in [1.82, 2.24) is 4.67 Å². The minimum Gasteiger partial charge on any atom is -0.404 e. The summed E-state index contributed by atoms with van der Waals surface area (Å²) in [7, 11) is -10.9. The molecule has 2 heterocycles. The monoisotopic (exact) mass is 945 g/mol. The van der Waals surface area contributed by atoms with Crippen LogP contribution in [0.25, 0.3) is 32.7 Å². The highest BCUT2D eigenvalue weighted by Crippen LogP contribution is 2.60. The summed E-state index contributed by atoms with van der Waals surface area (Å²) in [5.41, 5.74) is 1.83. The number of fused-ring (bicyclic) bond motifs is 7. The highest BCUT2D eigenvalue weighted by molar-refractivity contribution is 7.52. The van der Waals surface area contributed by atoms with Crippen LogP contribution in [0.1, 0.15) is 25.7 Å². The number of hydrogen-bond acceptors (Lipinski definition) is 3. The van der Waals surface area contributed by atoms with Gasteiger partial charge < -0.3 is 9.05 Å². The predicted molar refractivity (Wildman–Crippen MR) is 293 cm³/mol. The third-order valence-corrected chi connectivity index (χ3v) is 26.1. The van der Waals surface area contributed by atoms with Gasteiger partial charge in [-0.1, -0.05) is 255 Å². The van der Waals surface area contributed by atoms with Crippen LogP contribution in [0.3, 0.4) is 0 Å². The Hall–Kier alpha value is -7.06. The molecule has 2 aliphatic heterocycles. The molecule has 0 N–H and O–H groups in total. The minimum absolute atomic E-state index is 0.602. The Kier molecular flexibility index (Phi) is 11.4. The van der Waals surface area contributed by atoms with Crippen LogP contribution >= 0.6 is 7.75 Å². The van der Waals surface area contributed by atoms with Gasteiger partial charge in [0.05, 0.1) is 0 Å². The molecule has 0 aliphatic carbocycles. The molecule has 2 aliphatic rings. The molecule has 7 heteroatoms. The van der Waals surface area contributed by atoms with Gasteiger partial charge in [0.1, 0.15) is 11.5 Å². The Balaban J connectivity index is 1.33. The molecule has 336 valence electrons. The van der Waals surface area contributed by atoms with Crippen molar-refractivity contribution in [2.45, 2.75) is 25.7 Å². The van der Waals surface area contributed by atoms with Gasteiger partial charge in [-0.25, -0.2) is 4.57 Å². The zero-order valence-electron chi connectivity index (χ0n) is 38.5. The average molecular weight is 946 g/mol. The van der Waals surface area contributed by atoms with Crippen LogP contribution in [0.2, 0.25) is 0 Å². The van der Waals surface area contributed by atoms with E-state index in [1.54, 1.807) is 0 Å². The second-order valence-electron chi connectivity index (χ2n) is 18.4. The van der Waals surface area contributed by atoms with Gasteiger partial charge in [0.25, 0.3) is 0 Å². The molecule has 0 unspecified atom stereocenters. The minimum atomic E-state index is -4.25. The molecule has 0 radical (unpaired) electrons. The maximum atomic E-state index is 17.2. The first-order valence-corrected chi connectivity index (χ1v) is 29.8. The third kappa shape index (κ3) is 7.16. The topological polar surface area (TPSA) is 38.8 Å². The summed E-state index contributed by atoms with van der Waals surface area (Å²) in [4.78, 5) is 0. The largest absolute Gasteiger partial charge is 0.515 e. The van der Waals surface area contributed by atoms with Gasteiger partial charge in [0.15, 0.2) is 16.1 Å². The molecule has 4 nitrogen and oxygen atoms in total. The molecule has 0 bridgehead atoms. The summed E-state index contributed by atoms with van der Waals surface area (Å²) in [6.07, 6.45) is 3.93. The summed E-state index contributed by atoms with van der Waals surface area (Å²) >= 11 is 0. The zero-order chi connectivity index (χ0) is 46.3. The molecule has 10 aromatic carbocycles. The van der Waals surface area contributed by atoms with E-state index in [-0.39, 0.29) is 0 Å². The lowest BCUT2D eigenvalue weighted by Crippen LogP contribution is -2.75. The van der Waals surface area contributed by atoms with Gasteiger partial charge >= 0.3 is 7.75 Å². The predicted octanol–water partition coefficient (Wildman–Crippen LogP) is 10.2. The van der Waals surface area contributed by atoms with Crippen molar-refractivity contribution >= 4 is 86.9 Å². The number of hydrogen-bond donors (Lipinski definition) is 0. The quantitative estimate of drug-likeness (QED) is 0.0821. The van der Waals surface area contributed by atoms with Crippen LogP contribution in [-0.4, -0.2) is 33.9 Å². The van der Waals surface area contributed by atoms with E-state index < -0.39 is 23.9 Å². The molecule has 0 spiro atoms. The highest BCUT2D eigenvalue weighted by atomic mass is 31.2. The fourth-order valence-corrected chi connectivity index (χ4v) is 23.5. The van der Waals surface area contributed by atoms with E-state index in [1.165, 1.54) is 31.1 Å². The Morgan fingerprint density at radius 1 is 0.348 bits per heavy atom. The lowest BCUT2D eigenvalue weighted by atomic mass is 9.92. The average Bonchev–Trinajstić information content (AvgIpc) is 3.79. The van der Waals surface area contributed by atoms with Gasteiger partial charge in [-0.2, -0.15) is 4.67 Å². The van der Waals surface area contributed by atoms with Crippen molar-refractivity contribution in [2.75, 3.05) is 13.1 Å². The van der Waals surface area contributed by atoms with Crippen LogP contribution in [0.4, 0.5) is 0 Å². The molecule has 1 saturated heterocycles. The van der Waals surface area contributed by atoms with Crippen LogP contribution in [0, 0.1) is 0 Å². The third-order valence-electron chi connectivity index (χ3n) is 14.6. The van der Waals surface area contributed by atoms with Crippen LogP contribution < -0.4 is 50.5 Å². The number of benzene rings is 10. The first-order valence-electron chi connectivity index (χ1n) is 24.3. The highest BCUT2D eigenvalue weighted by Gasteiger charge is 2.52. The fourth-order valence-electron chi connectivity index (χ4n) is 11.6. The van der Waals surface area contributed by atoms with Gasteiger partial charge in [-0.15, -0.1) is 0 Å². The maximum Gasteiger partial charge on any atom is 0.515 e. The summed E-state index contributed by atoms with van der Waals surface area (Å²) in [6, 6.07) is 88.1. The molecule has 0 saturated carbocycles. The van der Waals surface area contributed by atoms with E-state index in [0.717, 1.165) is 68.7 Å². The second-order valence-corrected chi connectivity index (χ2v) is 27.8. The lowest BCUT2D eigenvalue weighted by Gasteiger charge is -2.37. The molecule has 0 amide bonds. The standard InChI is InChI=1S/C62H52NO3PSi2/c64-67(63-43-25-1-2-26-44-63)65-61-57(68(49-29-9-3-10-30-49,50-31-11-4-12-32-50)51-33-13-5-14-34-51)45-47-27-21-23-41-55(47)59(61)60-56-42-24-22-28-48(56)46-58(62(60)66-67)69(52-35-15-6-16-36-52,53-37-17-7-18-38-53)54-39-19-8-20-40-54/h3-24,27-42,45-46H,1-2,25-26,43-44H2. The first kappa shape index (κ1) is 43.2. The molecular formula is C62H52NO3PSi2. The lowest BCUT2D eigenvalue weighted by molar-refractivity contribution is 0.291. The first-order chi connectivity index (χ1) is 34.1. The summed E-state index contributed by atoms with van der Waals surface area (Å²) < 4.78 is 34.9. The van der Waals surface area contributed by atoms with E-state index >= 15 is 4.57 Å². The van der Waals surface area contributed by atoms with Crippen LogP contribution in [-0.2, 0) is 4.57 Å². The zero-order valence-corrected chi connectivity index (χ0v) is 41.4. The van der Waals surface area contributed by atoms with Gasteiger partial charge in [-0.05, 0) is 75.9 Å². The Morgan fingerprint density at radius 3 is 0.928 bits per heavy atom. The number of nitrogens with zero attached hydrogens (tertiary/aromatic N) is 1. The van der Waals surface area contributed by atoms with Crippen LogP contribution in [0.15, 0.2) is 243 Å². The smallest absolute Gasteiger partial charge is 0.404 e. The summed E-state index contributed by atoms with van der Waals surface area (Å²) in [5.74, 6) is 1.27. The Morgan fingerprint density at radius 2 is 0.623 bits per heavy atom. The maximum absolute atomic E-state index is 17.2.